The molecule has 1 N–H and O–H groups in total. The zero-order valence-corrected chi connectivity index (χ0v) is 21.1. The quantitative estimate of drug-likeness (QED) is 0.389. The van der Waals surface area contributed by atoms with Crippen LogP contribution < -0.4 is 9.46 Å². The number of pyridine rings is 1. The predicted molar refractivity (Wildman–Crippen MR) is 135 cm³/mol. The van der Waals surface area contributed by atoms with E-state index in [1.165, 1.54) is 17.1 Å². The van der Waals surface area contributed by atoms with Crippen molar-refractivity contribution in [2.75, 3.05) is 17.8 Å². The van der Waals surface area contributed by atoms with E-state index in [4.69, 9.17) is 4.74 Å². The van der Waals surface area contributed by atoms with Crippen LogP contribution >= 0.6 is 0 Å². The number of anilines is 1. The molecular formula is C25H27N7O3S. The first-order valence-electron chi connectivity index (χ1n) is 11.5. The van der Waals surface area contributed by atoms with E-state index >= 15 is 0 Å². The Bertz CT molecular complexity index is 1460. The van der Waals surface area contributed by atoms with Crippen LogP contribution in [0.5, 0.6) is 5.88 Å². The first-order valence-corrected chi connectivity index (χ1v) is 13.0. The van der Waals surface area contributed by atoms with E-state index in [1.807, 2.05) is 50.4 Å². The van der Waals surface area contributed by atoms with E-state index < -0.39 is 10.0 Å². The Labute approximate surface area is 210 Å². The van der Waals surface area contributed by atoms with Gasteiger partial charge in [-0.1, -0.05) is 24.3 Å². The van der Waals surface area contributed by atoms with Crippen molar-refractivity contribution in [2.45, 2.75) is 31.4 Å². The van der Waals surface area contributed by atoms with Crippen LogP contribution in [0.4, 0.5) is 5.95 Å². The lowest BCUT2D eigenvalue weighted by Gasteiger charge is -2.38. The fourth-order valence-corrected chi connectivity index (χ4v) is 5.17. The Morgan fingerprint density at radius 1 is 1.08 bits per heavy atom. The van der Waals surface area contributed by atoms with Crippen molar-refractivity contribution in [2.24, 2.45) is 7.05 Å². The molecule has 0 spiro atoms. The number of ether oxygens (including phenoxy) is 1. The molecule has 0 amide bonds. The average molecular weight is 506 g/mol. The summed E-state index contributed by atoms with van der Waals surface area (Å²) >= 11 is 0. The summed E-state index contributed by atoms with van der Waals surface area (Å²) in [6, 6.07) is 11.7. The monoisotopic (exact) mass is 505 g/mol. The third kappa shape index (κ3) is 5.21. The number of aryl methyl sites for hydroxylation is 3. The third-order valence-corrected chi connectivity index (χ3v) is 7.28. The summed E-state index contributed by atoms with van der Waals surface area (Å²) < 4.78 is 35.9. The van der Waals surface area contributed by atoms with E-state index in [2.05, 4.69) is 29.7 Å². The number of benzene rings is 1. The van der Waals surface area contributed by atoms with Crippen LogP contribution in [0.15, 0.2) is 66.1 Å². The van der Waals surface area contributed by atoms with Gasteiger partial charge in [-0.3, -0.25) is 14.6 Å². The van der Waals surface area contributed by atoms with Crippen molar-refractivity contribution >= 4 is 16.0 Å². The van der Waals surface area contributed by atoms with Crippen LogP contribution in [0.25, 0.3) is 11.3 Å². The molecule has 0 bridgehead atoms. The molecule has 186 valence electrons. The van der Waals surface area contributed by atoms with Gasteiger partial charge in [-0.05, 0) is 36.6 Å². The van der Waals surface area contributed by atoms with Gasteiger partial charge in [0.2, 0.25) is 11.8 Å². The van der Waals surface area contributed by atoms with E-state index in [-0.39, 0.29) is 16.9 Å². The van der Waals surface area contributed by atoms with Crippen LogP contribution in [0.1, 0.15) is 16.7 Å². The minimum absolute atomic E-state index is 0.0265. The second kappa shape index (κ2) is 9.67. The largest absolute Gasteiger partial charge is 0.471 e. The van der Waals surface area contributed by atoms with Gasteiger partial charge >= 0.3 is 0 Å². The molecule has 10 nitrogen and oxygen atoms in total. The maximum Gasteiger partial charge on any atom is 0.267 e. The molecule has 0 aliphatic carbocycles. The third-order valence-electron chi connectivity index (χ3n) is 6.00. The van der Waals surface area contributed by atoms with Gasteiger partial charge in [0.25, 0.3) is 10.0 Å². The number of likely N-dealkylation sites (tertiary alicyclic amines) is 1. The highest BCUT2D eigenvalue weighted by Gasteiger charge is 2.29. The number of aromatic nitrogens is 5. The van der Waals surface area contributed by atoms with E-state index in [0.29, 0.717) is 11.6 Å². The topological polar surface area (TPSA) is 115 Å². The molecule has 1 aromatic carbocycles. The van der Waals surface area contributed by atoms with Crippen molar-refractivity contribution in [3.8, 4) is 17.1 Å². The Morgan fingerprint density at radius 3 is 2.53 bits per heavy atom. The van der Waals surface area contributed by atoms with E-state index in [0.717, 1.165) is 41.9 Å². The van der Waals surface area contributed by atoms with Gasteiger partial charge in [0.05, 0.1) is 11.9 Å². The maximum atomic E-state index is 12.9. The fourth-order valence-electron chi connectivity index (χ4n) is 4.24. The van der Waals surface area contributed by atoms with Crippen molar-refractivity contribution in [1.82, 2.24) is 29.6 Å². The average Bonchev–Trinajstić information content (AvgIpc) is 3.25. The summed E-state index contributed by atoms with van der Waals surface area (Å²) in [5, 5.41) is 3.95. The lowest BCUT2D eigenvalue weighted by atomic mass is 10.00. The number of sulfonamides is 1. The Hall–Kier alpha value is -3.83. The van der Waals surface area contributed by atoms with Gasteiger partial charge in [0.15, 0.2) is 0 Å². The number of rotatable bonds is 8. The summed E-state index contributed by atoms with van der Waals surface area (Å²) in [6.45, 7) is 6.24. The maximum absolute atomic E-state index is 12.9. The number of hydrogen-bond acceptors (Lipinski definition) is 8. The molecule has 1 fully saturated rings. The summed E-state index contributed by atoms with van der Waals surface area (Å²) in [7, 11) is -2.27. The molecule has 0 saturated carbocycles. The minimum atomic E-state index is -3.92. The first kappa shape index (κ1) is 23.9. The molecule has 1 aliphatic rings. The highest BCUT2D eigenvalue weighted by atomic mass is 32.2. The van der Waals surface area contributed by atoms with Gasteiger partial charge in [0, 0.05) is 56.9 Å². The van der Waals surface area contributed by atoms with Crippen LogP contribution in [0, 0.1) is 13.8 Å². The fraction of sp³-hybridized carbons (Fsp3) is 0.280. The molecule has 3 aromatic heterocycles. The minimum Gasteiger partial charge on any atom is -0.471 e. The molecule has 4 heterocycles. The molecule has 4 aromatic rings. The number of hydrogen-bond donors (Lipinski definition) is 1. The molecule has 5 rings (SSSR count). The van der Waals surface area contributed by atoms with Crippen molar-refractivity contribution in [1.29, 1.82) is 0 Å². The van der Waals surface area contributed by atoms with Crippen molar-refractivity contribution in [3.05, 3.63) is 77.9 Å². The molecule has 1 aliphatic heterocycles. The normalized spacial score (nSPS) is 14.4. The van der Waals surface area contributed by atoms with Gasteiger partial charge in [-0.2, -0.15) is 10.1 Å². The molecule has 0 unspecified atom stereocenters. The van der Waals surface area contributed by atoms with Gasteiger partial charge in [0.1, 0.15) is 11.0 Å². The van der Waals surface area contributed by atoms with Crippen LogP contribution in [-0.2, 0) is 23.6 Å². The van der Waals surface area contributed by atoms with E-state index in [9.17, 15) is 8.42 Å². The molecule has 1 saturated heterocycles. The highest BCUT2D eigenvalue weighted by Crippen LogP contribution is 2.30. The number of nitrogens with zero attached hydrogens (tertiary/aromatic N) is 6. The Kier molecular flexibility index (Phi) is 6.42. The highest BCUT2D eigenvalue weighted by molar-refractivity contribution is 7.92. The van der Waals surface area contributed by atoms with Gasteiger partial charge in [-0.25, -0.2) is 18.1 Å². The zero-order chi connectivity index (χ0) is 25.3. The smallest absolute Gasteiger partial charge is 0.267 e. The van der Waals surface area contributed by atoms with Crippen LogP contribution in [-0.4, -0.2) is 57.2 Å². The SMILES string of the molecule is Cc1cccc(C)c1-c1cc(OC2CN(Cc3cccnc3)C2)nc(NS(=O)(=O)c2cnn(C)c2)n1. The van der Waals surface area contributed by atoms with Crippen molar-refractivity contribution < 1.29 is 13.2 Å². The predicted octanol–water partition coefficient (Wildman–Crippen LogP) is 2.95. The lowest BCUT2D eigenvalue weighted by molar-refractivity contribution is 0.0118. The Balaban J connectivity index is 1.40. The van der Waals surface area contributed by atoms with E-state index in [1.54, 1.807) is 19.3 Å². The van der Waals surface area contributed by atoms with Crippen molar-refractivity contribution in [3.63, 3.8) is 0 Å². The molecule has 0 atom stereocenters. The summed E-state index contributed by atoms with van der Waals surface area (Å²) in [5.41, 5.74) is 4.69. The standard InChI is InChI=1S/C25H27N7O3S/c1-17-6-4-7-18(2)24(17)22-10-23(35-20-14-32(15-20)13-19-8-5-9-26-11-19)29-25(28-22)30-36(33,34)21-12-27-31(3)16-21/h4-12,16,20H,13-15H2,1-3H3,(H,28,29,30). The molecule has 11 heteroatoms. The van der Waals surface area contributed by atoms with Gasteiger partial charge < -0.3 is 4.74 Å². The van der Waals surface area contributed by atoms with Crippen LogP contribution in [0.3, 0.4) is 0 Å². The van der Waals surface area contributed by atoms with Crippen LogP contribution in [0.2, 0.25) is 0 Å². The first-order chi connectivity index (χ1) is 17.3. The molecule has 36 heavy (non-hydrogen) atoms. The second-order valence-electron chi connectivity index (χ2n) is 8.93. The zero-order valence-electron chi connectivity index (χ0n) is 20.3. The number of nitrogens with one attached hydrogen (secondary N) is 1. The van der Waals surface area contributed by atoms with Gasteiger partial charge in [-0.15, -0.1) is 0 Å². The summed E-state index contributed by atoms with van der Waals surface area (Å²) in [6.07, 6.45) is 6.25. The molecule has 0 radical (unpaired) electrons. The Morgan fingerprint density at radius 2 is 1.86 bits per heavy atom. The molecular weight excluding hydrogens is 478 g/mol. The lowest BCUT2D eigenvalue weighted by Crippen LogP contribution is -2.53. The summed E-state index contributed by atoms with van der Waals surface area (Å²) in [4.78, 5) is 15.4. The summed E-state index contributed by atoms with van der Waals surface area (Å²) in [5.74, 6) is 0.262. The second-order valence-corrected chi connectivity index (χ2v) is 10.6.